The van der Waals surface area contributed by atoms with Gasteiger partial charge in [-0.3, -0.25) is 0 Å². The van der Waals surface area contributed by atoms with Gasteiger partial charge in [-0.05, 0) is 28.5 Å². The number of hydrogen-bond donors (Lipinski definition) is 1. The Morgan fingerprint density at radius 3 is 3.12 bits per heavy atom. The standard InChI is InChI=1S/C11H12BrClFNO/c1-2-15-8-3-4-16-11-6(12)5-7(13)10(14)9(8)11/h5,8,15H,2-4H2,1H3. The molecule has 0 radical (unpaired) electrons. The summed E-state index contributed by atoms with van der Waals surface area (Å²) < 4.78 is 20.2. The highest BCUT2D eigenvalue weighted by Crippen LogP contribution is 2.42. The summed E-state index contributed by atoms with van der Waals surface area (Å²) in [5.74, 6) is 0.185. The van der Waals surface area contributed by atoms with Gasteiger partial charge in [-0.1, -0.05) is 18.5 Å². The lowest BCUT2D eigenvalue weighted by molar-refractivity contribution is 0.247. The molecule has 0 spiro atoms. The van der Waals surface area contributed by atoms with Crippen molar-refractivity contribution in [3.8, 4) is 5.75 Å². The van der Waals surface area contributed by atoms with Gasteiger partial charge in [-0.2, -0.15) is 0 Å². The molecule has 0 fully saturated rings. The van der Waals surface area contributed by atoms with Crippen molar-refractivity contribution in [3.05, 3.63) is 26.9 Å². The zero-order chi connectivity index (χ0) is 11.7. The normalized spacial score (nSPS) is 19.1. The molecule has 1 atom stereocenters. The smallest absolute Gasteiger partial charge is 0.150 e. The largest absolute Gasteiger partial charge is 0.492 e. The van der Waals surface area contributed by atoms with E-state index in [2.05, 4.69) is 21.2 Å². The summed E-state index contributed by atoms with van der Waals surface area (Å²) in [6, 6.07) is 1.51. The molecule has 1 heterocycles. The van der Waals surface area contributed by atoms with Gasteiger partial charge >= 0.3 is 0 Å². The van der Waals surface area contributed by atoms with Crippen molar-refractivity contribution in [3.63, 3.8) is 0 Å². The molecule has 0 saturated heterocycles. The van der Waals surface area contributed by atoms with Crippen LogP contribution in [0.2, 0.25) is 5.02 Å². The van der Waals surface area contributed by atoms with Crippen LogP contribution in [0.4, 0.5) is 4.39 Å². The monoisotopic (exact) mass is 307 g/mol. The third-order valence-electron chi connectivity index (χ3n) is 2.61. The van der Waals surface area contributed by atoms with Gasteiger partial charge in [-0.25, -0.2) is 4.39 Å². The Labute approximate surface area is 107 Å². The van der Waals surface area contributed by atoms with Crippen molar-refractivity contribution in [2.75, 3.05) is 13.2 Å². The molecule has 1 aliphatic heterocycles. The summed E-state index contributed by atoms with van der Waals surface area (Å²) in [5, 5.41) is 3.36. The molecule has 2 rings (SSSR count). The molecule has 0 amide bonds. The number of ether oxygens (including phenoxy) is 1. The molecule has 1 aromatic rings. The number of rotatable bonds is 2. The van der Waals surface area contributed by atoms with Crippen LogP contribution in [0, 0.1) is 5.82 Å². The molecule has 1 unspecified atom stereocenters. The van der Waals surface area contributed by atoms with E-state index in [-0.39, 0.29) is 16.9 Å². The van der Waals surface area contributed by atoms with Gasteiger partial charge in [0.25, 0.3) is 0 Å². The van der Waals surface area contributed by atoms with E-state index in [0.29, 0.717) is 22.4 Å². The van der Waals surface area contributed by atoms with Crippen LogP contribution < -0.4 is 10.1 Å². The van der Waals surface area contributed by atoms with Gasteiger partial charge in [0.15, 0.2) is 0 Å². The van der Waals surface area contributed by atoms with Crippen LogP contribution in [0.25, 0.3) is 0 Å². The lowest BCUT2D eigenvalue weighted by atomic mass is 10.00. The Morgan fingerprint density at radius 1 is 1.69 bits per heavy atom. The van der Waals surface area contributed by atoms with Gasteiger partial charge in [-0.15, -0.1) is 0 Å². The summed E-state index contributed by atoms with van der Waals surface area (Å²) in [6.45, 7) is 3.37. The SMILES string of the molecule is CCNC1CCOc2c(Br)cc(Cl)c(F)c21. The van der Waals surface area contributed by atoms with Crippen LogP contribution in [-0.2, 0) is 0 Å². The first-order chi connectivity index (χ1) is 7.65. The summed E-state index contributed by atoms with van der Waals surface area (Å²) in [6.07, 6.45) is 0.755. The molecule has 88 valence electrons. The number of halogens is 3. The lowest BCUT2D eigenvalue weighted by Gasteiger charge is -2.28. The topological polar surface area (TPSA) is 21.3 Å². The minimum Gasteiger partial charge on any atom is -0.492 e. The van der Waals surface area contributed by atoms with Crippen molar-refractivity contribution in [1.82, 2.24) is 5.32 Å². The second-order valence-corrected chi connectivity index (χ2v) is 4.91. The van der Waals surface area contributed by atoms with Crippen molar-refractivity contribution in [2.45, 2.75) is 19.4 Å². The molecule has 1 N–H and O–H groups in total. The van der Waals surface area contributed by atoms with Crippen LogP contribution in [0.5, 0.6) is 5.75 Å². The summed E-state index contributed by atoms with van der Waals surface area (Å²) in [5.41, 5.74) is 0.535. The number of benzene rings is 1. The molecule has 0 aromatic heterocycles. The highest BCUT2D eigenvalue weighted by Gasteiger charge is 2.28. The van der Waals surface area contributed by atoms with Crippen LogP contribution in [0.1, 0.15) is 24.9 Å². The quantitative estimate of drug-likeness (QED) is 0.842. The maximum absolute atomic E-state index is 14.0. The number of hydrogen-bond acceptors (Lipinski definition) is 2. The Bertz CT molecular complexity index is 413. The number of nitrogens with one attached hydrogen (secondary N) is 1. The minimum atomic E-state index is -0.384. The van der Waals surface area contributed by atoms with Crippen molar-refractivity contribution in [2.24, 2.45) is 0 Å². The average molecular weight is 309 g/mol. The molecule has 1 aromatic carbocycles. The van der Waals surface area contributed by atoms with E-state index < -0.39 is 0 Å². The third kappa shape index (κ3) is 2.06. The molecule has 0 bridgehead atoms. The van der Waals surface area contributed by atoms with Crippen LogP contribution in [0.15, 0.2) is 10.5 Å². The lowest BCUT2D eigenvalue weighted by Crippen LogP contribution is -2.28. The van der Waals surface area contributed by atoms with Crippen molar-refractivity contribution in [1.29, 1.82) is 0 Å². The maximum Gasteiger partial charge on any atom is 0.150 e. The molecule has 16 heavy (non-hydrogen) atoms. The fraction of sp³-hybridized carbons (Fsp3) is 0.455. The van der Waals surface area contributed by atoms with Crippen LogP contribution >= 0.6 is 27.5 Å². The van der Waals surface area contributed by atoms with E-state index in [4.69, 9.17) is 16.3 Å². The zero-order valence-electron chi connectivity index (χ0n) is 8.82. The Balaban J connectivity index is 2.53. The van der Waals surface area contributed by atoms with E-state index in [1.807, 2.05) is 6.92 Å². The molecular weight excluding hydrogens is 296 g/mol. The Kier molecular flexibility index (Phi) is 3.72. The fourth-order valence-corrected chi connectivity index (χ4v) is 2.83. The van der Waals surface area contributed by atoms with Crippen molar-refractivity contribution < 1.29 is 9.13 Å². The first kappa shape index (κ1) is 12.1. The Hall–Kier alpha value is -0.320. The van der Waals surface area contributed by atoms with Crippen LogP contribution in [-0.4, -0.2) is 13.2 Å². The first-order valence-electron chi connectivity index (χ1n) is 5.18. The Morgan fingerprint density at radius 2 is 2.44 bits per heavy atom. The number of fused-ring (bicyclic) bond motifs is 1. The second-order valence-electron chi connectivity index (χ2n) is 3.64. The van der Waals surface area contributed by atoms with E-state index in [9.17, 15) is 4.39 Å². The summed E-state index contributed by atoms with van der Waals surface area (Å²) >= 11 is 9.17. The third-order valence-corrected chi connectivity index (χ3v) is 3.48. The molecule has 1 aliphatic rings. The molecule has 2 nitrogen and oxygen atoms in total. The fourth-order valence-electron chi connectivity index (χ4n) is 1.93. The molecule has 5 heteroatoms. The predicted octanol–water partition coefficient (Wildman–Crippen LogP) is 3.67. The van der Waals surface area contributed by atoms with Crippen LogP contribution in [0.3, 0.4) is 0 Å². The van der Waals surface area contributed by atoms with E-state index in [0.717, 1.165) is 13.0 Å². The predicted molar refractivity (Wildman–Crippen MR) is 65.6 cm³/mol. The van der Waals surface area contributed by atoms with Gasteiger partial charge in [0.1, 0.15) is 11.6 Å². The highest BCUT2D eigenvalue weighted by atomic mass is 79.9. The maximum atomic E-state index is 14.0. The van der Waals surface area contributed by atoms with E-state index in [1.54, 1.807) is 0 Å². The molecule has 0 saturated carbocycles. The highest BCUT2D eigenvalue weighted by molar-refractivity contribution is 9.10. The first-order valence-corrected chi connectivity index (χ1v) is 6.35. The van der Waals surface area contributed by atoms with Gasteiger partial charge in [0, 0.05) is 18.0 Å². The zero-order valence-corrected chi connectivity index (χ0v) is 11.2. The summed E-state index contributed by atoms with van der Waals surface area (Å²) in [4.78, 5) is 0. The van der Waals surface area contributed by atoms with Gasteiger partial charge in [0.05, 0.1) is 16.1 Å². The molecular formula is C11H12BrClFNO. The second kappa shape index (κ2) is 4.90. The van der Waals surface area contributed by atoms with E-state index >= 15 is 0 Å². The average Bonchev–Trinajstić information content (AvgIpc) is 2.26. The van der Waals surface area contributed by atoms with Gasteiger partial charge < -0.3 is 10.1 Å². The van der Waals surface area contributed by atoms with Gasteiger partial charge in [0.2, 0.25) is 0 Å². The molecule has 0 aliphatic carbocycles. The van der Waals surface area contributed by atoms with Crippen molar-refractivity contribution >= 4 is 27.5 Å². The minimum absolute atomic E-state index is 0.0243. The van der Waals surface area contributed by atoms with E-state index in [1.165, 1.54) is 6.07 Å². The summed E-state index contributed by atoms with van der Waals surface area (Å²) in [7, 11) is 0.